The van der Waals surface area contributed by atoms with Crippen molar-refractivity contribution in [1.29, 1.82) is 0 Å². The third-order valence-corrected chi connectivity index (χ3v) is 5.97. The van der Waals surface area contributed by atoms with E-state index >= 15 is 0 Å². The van der Waals surface area contributed by atoms with Crippen LogP contribution >= 0.6 is 0 Å². The molecule has 1 unspecified atom stereocenters. The summed E-state index contributed by atoms with van der Waals surface area (Å²) in [6.07, 6.45) is 6.47. The fraction of sp³-hybridized carbons (Fsp3) is 0.423. The second-order valence-corrected chi connectivity index (χ2v) is 8.61. The summed E-state index contributed by atoms with van der Waals surface area (Å²) in [5, 5.41) is 16.4. The molecular weight excluding hydrogens is 478 g/mol. The van der Waals surface area contributed by atoms with Crippen molar-refractivity contribution in [2.24, 2.45) is 0 Å². The molecule has 1 aliphatic heterocycles. The van der Waals surface area contributed by atoms with Gasteiger partial charge < -0.3 is 24.3 Å². The first kappa shape index (κ1) is 25.9. The standard InChI is InChI=1S/C26H31N5O6/c1-3-4-5-6-7-8-15-35-18-11-9-17(10-12-18)25(32)27-22-19(26(33)34-2)13-14-20-23(22)37-21(16-36-20)24-28-30-31-29-24/h9-14,21H,3-8,15-16H2,1-2H3,(H,27,32)(H,28,29,30,31). The van der Waals surface area contributed by atoms with Gasteiger partial charge in [0.2, 0.25) is 0 Å². The number of nitrogens with one attached hydrogen (secondary N) is 2. The summed E-state index contributed by atoms with van der Waals surface area (Å²) in [4.78, 5) is 25.6. The third kappa shape index (κ3) is 6.54. The number of hydrogen-bond donors (Lipinski definition) is 2. The minimum atomic E-state index is -0.658. The predicted octanol–water partition coefficient (Wildman–Crippen LogP) is 4.49. The number of esters is 1. The van der Waals surface area contributed by atoms with Crippen LogP contribution in [0.5, 0.6) is 17.2 Å². The summed E-state index contributed by atoms with van der Waals surface area (Å²) >= 11 is 0. The molecule has 2 aromatic carbocycles. The number of aromatic amines is 1. The summed E-state index contributed by atoms with van der Waals surface area (Å²) in [7, 11) is 1.26. The molecule has 1 amide bonds. The maximum absolute atomic E-state index is 13.1. The second kappa shape index (κ2) is 12.7. The van der Waals surface area contributed by atoms with Gasteiger partial charge >= 0.3 is 5.97 Å². The molecule has 37 heavy (non-hydrogen) atoms. The van der Waals surface area contributed by atoms with Crippen LogP contribution in [0.25, 0.3) is 0 Å². The molecule has 0 radical (unpaired) electrons. The number of benzene rings is 2. The zero-order valence-corrected chi connectivity index (χ0v) is 21.0. The molecule has 11 heteroatoms. The van der Waals surface area contributed by atoms with Gasteiger partial charge in [-0.3, -0.25) is 4.79 Å². The lowest BCUT2D eigenvalue weighted by Gasteiger charge is -2.27. The fourth-order valence-electron chi connectivity index (χ4n) is 3.94. The Hall–Kier alpha value is -4.15. The number of hydrogen-bond acceptors (Lipinski definition) is 9. The number of tetrazole rings is 1. The molecule has 2 heterocycles. The van der Waals surface area contributed by atoms with E-state index in [0.29, 0.717) is 29.5 Å². The summed E-state index contributed by atoms with van der Waals surface area (Å²) in [5.41, 5.74) is 0.636. The van der Waals surface area contributed by atoms with Crippen LogP contribution < -0.4 is 19.5 Å². The highest BCUT2D eigenvalue weighted by atomic mass is 16.6. The van der Waals surface area contributed by atoms with Gasteiger partial charge in [0.1, 0.15) is 18.0 Å². The van der Waals surface area contributed by atoms with Crippen LogP contribution in [0.2, 0.25) is 0 Å². The minimum Gasteiger partial charge on any atom is -0.494 e. The molecular formula is C26H31N5O6. The molecule has 1 atom stereocenters. The Labute approximate surface area is 214 Å². The molecule has 0 aliphatic carbocycles. The average molecular weight is 510 g/mol. The highest BCUT2D eigenvalue weighted by Gasteiger charge is 2.31. The van der Waals surface area contributed by atoms with Crippen LogP contribution in [0.1, 0.15) is 78.1 Å². The lowest BCUT2D eigenvalue weighted by molar-refractivity contribution is 0.0598. The van der Waals surface area contributed by atoms with E-state index in [9.17, 15) is 9.59 Å². The number of amides is 1. The number of nitrogens with zero attached hydrogens (tertiary/aromatic N) is 3. The van der Waals surface area contributed by atoms with Crippen LogP contribution in [0.15, 0.2) is 36.4 Å². The van der Waals surface area contributed by atoms with Crippen molar-refractivity contribution in [3.05, 3.63) is 53.3 Å². The monoisotopic (exact) mass is 509 g/mol. The smallest absolute Gasteiger partial charge is 0.340 e. The number of carbonyl (C=O) groups is 2. The van der Waals surface area contributed by atoms with Crippen molar-refractivity contribution in [2.45, 2.75) is 51.6 Å². The number of rotatable bonds is 12. The van der Waals surface area contributed by atoms with Crippen LogP contribution in [0, 0.1) is 0 Å². The SMILES string of the molecule is CCCCCCCCOc1ccc(C(=O)Nc2c(C(=O)OC)ccc3c2OC(c2nnn[nH]2)CO3)cc1. The van der Waals surface area contributed by atoms with Crippen molar-refractivity contribution in [3.8, 4) is 17.2 Å². The second-order valence-electron chi connectivity index (χ2n) is 8.61. The van der Waals surface area contributed by atoms with E-state index in [0.717, 1.165) is 12.8 Å². The molecule has 1 aromatic heterocycles. The Morgan fingerprint density at radius 3 is 2.59 bits per heavy atom. The summed E-state index contributed by atoms with van der Waals surface area (Å²) in [6.45, 7) is 2.99. The quantitative estimate of drug-likeness (QED) is 0.267. The molecule has 0 fully saturated rings. The van der Waals surface area contributed by atoms with Gasteiger partial charge in [-0.25, -0.2) is 9.89 Å². The molecule has 0 saturated carbocycles. The summed E-state index contributed by atoms with van der Waals surface area (Å²) < 4.78 is 22.5. The zero-order valence-electron chi connectivity index (χ0n) is 21.0. The van der Waals surface area contributed by atoms with E-state index in [1.54, 1.807) is 30.3 Å². The first-order valence-electron chi connectivity index (χ1n) is 12.4. The lowest BCUT2D eigenvalue weighted by atomic mass is 10.1. The molecule has 0 spiro atoms. The van der Waals surface area contributed by atoms with Gasteiger partial charge in [-0.2, -0.15) is 0 Å². The highest BCUT2D eigenvalue weighted by molar-refractivity contribution is 6.09. The largest absolute Gasteiger partial charge is 0.494 e. The molecule has 0 bridgehead atoms. The molecule has 11 nitrogen and oxygen atoms in total. The Balaban J connectivity index is 1.45. The van der Waals surface area contributed by atoms with Gasteiger partial charge in [0.15, 0.2) is 23.4 Å². The normalized spacial score (nSPS) is 14.2. The molecule has 1 aliphatic rings. The number of H-pyrrole nitrogens is 1. The van der Waals surface area contributed by atoms with Crippen LogP contribution in [-0.4, -0.2) is 52.8 Å². The van der Waals surface area contributed by atoms with Gasteiger partial charge in [-0.05, 0) is 53.2 Å². The molecule has 3 aromatic rings. The predicted molar refractivity (Wildman–Crippen MR) is 134 cm³/mol. The van der Waals surface area contributed by atoms with E-state index in [-0.39, 0.29) is 23.6 Å². The lowest BCUT2D eigenvalue weighted by Crippen LogP contribution is -2.25. The maximum atomic E-state index is 13.1. The van der Waals surface area contributed by atoms with Gasteiger partial charge in [0.25, 0.3) is 5.91 Å². The van der Waals surface area contributed by atoms with Crippen molar-refractivity contribution < 1.29 is 28.5 Å². The average Bonchev–Trinajstić information content (AvgIpc) is 3.47. The Bertz CT molecular complexity index is 1180. The van der Waals surface area contributed by atoms with E-state index in [1.165, 1.54) is 38.9 Å². The Morgan fingerprint density at radius 1 is 1.08 bits per heavy atom. The molecule has 4 rings (SSSR count). The van der Waals surface area contributed by atoms with Crippen molar-refractivity contribution in [3.63, 3.8) is 0 Å². The first-order valence-corrected chi connectivity index (χ1v) is 12.4. The number of unbranched alkanes of at least 4 members (excludes halogenated alkanes) is 5. The number of aromatic nitrogens is 4. The number of anilines is 1. The summed E-state index contributed by atoms with van der Waals surface area (Å²) in [6, 6.07) is 9.93. The van der Waals surface area contributed by atoms with Crippen molar-refractivity contribution in [1.82, 2.24) is 20.6 Å². The molecule has 196 valence electrons. The van der Waals surface area contributed by atoms with E-state index < -0.39 is 18.0 Å². The van der Waals surface area contributed by atoms with Crippen LogP contribution in [0.4, 0.5) is 5.69 Å². The molecule has 2 N–H and O–H groups in total. The Morgan fingerprint density at radius 2 is 1.86 bits per heavy atom. The number of carbonyl (C=O) groups excluding carboxylic acids is 2. The minimum absolute atomic E-state index is 0.119. The zero-order chi connectivity index (χ0) is 26.0. The fourth-order valence-corrected chi connectivity index (χ4v) is 3.94. The van der Waals surface area contributed by atoms with Gasteiger partial charge in [0, 0.05) is 5.56 Å². The Kier molecular flexibility index (Phi) is 8.90. The van der Waals surface area contributed by atoms with Crippen molar-refractivity contribution >= 4 is 17.6 Å². The van der Waals surface area contributed by atoms with E-state index in [4.69, 9.17) is 18.9 Å². The van der Waals surface area contributed by atoms with Crippen molar-refractivity contribution in [2.75, 3.05) is 25.6 Å². The summed E-state index contributed by atoms with van der Waals surface area (Å²) in [5.74, 6) is 0.519. The highest BCUT2D eigenvalue weighted by Crippen LogP contribution is 2.44. The van der Waals surface area contributed by atoms with E-state index in [2.05, 4.69) is 32.9 Å². The van der Waals surface area contributed by atoms with Crippen LogP contribution in [0.3, 0.4) is 0 Å². The van der Waals surface area contributed by atoms with Crippen LogP contribution in [-0.2, 0) is 4.74 Å². The van der Waals surface area contributed by atoms with E-state index in [1.807, 2.05) is 0 Å². The first-order chi connectivity index (χ1) is 18.1. The van der Waals surface area contributed by atoms with Gasteiger partial charge in [-0.1, -0.05) is 39.0 Å². The number of methoxy groups -OCH3 is 1. The third-order valence-electron chi connectivity index (χ3n) is 5.97. The topological polar surface area (TPSA) is 138 Å². The van der Waals surface area contributed by atoms with Gasteiger partial charge in [0.05, 0.1) is 19.3 Å². The van der Waals surface area contributed by atoms with Gasteiger partial charge in [-0.15, -0.1) is 5.10 Å². The number of ether oxygens (including phenoxy) is 4. The molecule has 0 saturated heterocycles. The maximum Gasteiger partial charge on any atom is 0.340 e. The number of fused-ring (bicyclic) bond motifs is 1.